The lowest BCUT2D eigenvalue weighted by Gasteiger charge is -2.29. The van der Waals surface area contributed by atoms with Gasteiger partial charge in [-0.15, -0.1) is 0 Å². The third-order valence-electron chi connectivity index (χ3n) is 5.15. The molecule has 0 saturated carbocycles. The second kappa shape index (κ2) is 11.5. The Morgan fingerprint density at radius 1 is 1.00 bits per heavy atom. The lowest BCUT2D eigenvalue weighted by atomic mass is 10.0. The fourth-order valence-electron chi connectivity index (χ4n) is 3.12. The van der Waals surface area contributed by atoms with Crippen LogP contribution >= 0.6 is 0 Å². The molecule has 0 saturated heterocycles. The maximum Gasteiger partial charge on any atom is 0.253 e. The molecule has 0 aliphatic rings. The van der Waals surface area contributed by atoms with E-state index in [1.807, 2.05) is 49.4 Å². The number of unbranched alkanes of at least 4 members (excludes halogenated alkanes) is 4. The lowest BCUT2D eigenvalue weighted by Crippen LogP contribution is -2.39. The minimum atomic E-state index is -0.731. The summed E-state index contributed by atoms with van der Waals surface area (Å²) in [6.07, 6.45) is 5.29. The van der Waals surface area contributed by atoms with Gasteiger partial charge in [0.2, 0.25) is 0 Å². The maximum absolute atomic E-state index is 12.8. The predicted octanol–water partition coefficient (Wildman–Crippen LogP) is 5.23. The van der Waals surface area contributed by atoms with Crippen molar-refractivity contribution in [1.82, 2.24) is 4.90 Å². The summed E-state index contributed by atoms with van der Waals surface area (Å²) in [5.41, 5.74) is 1.39. The van der Waals surface area contributed by atoms with E-state index in [1.54, 1.807) is 24.1 Å². The third-order valence-corrected chi connectivity index (χ3v) is 5.15. The average Bonchev–Trinajstić information content (AvgIpc) is 2.75. The predicted molar refractivity (Wildman–Crippen MR) is 114 cm³/mol. The van der Waals surface area contributed by atoms with Gasteiger partial charge in [-0.3, -0.25) is 4.79 Å². The van der Waals surface area contributed by atoms with Gasteiger partial charge in [0, 0.05) is 12.6 Å². The van der Waals surface area contributed by atoms with E-state index in [0.717, 1.165) is 17.7 Å². The van der Waals surface area contributed by atoms with E-state index in [4.69, 9.17) is 4.74 Å². The average molecular weight is 384 g/mol. The van der Waals surface area contributed by atoms with Gasteiger partial charge in [0.25, 0.3) is 5.91 Å². The van der Waals surface area contributed by atoms with Crippen molar-refractivity contribution in [3.63, 3.8) is 0 Å². The molecule has 2 aromatic carbocycles. The van der Waals surface area contributed by atoms with Crippen LogP contribution in [0, 0.1) is 0 Å². The van der Waals surface area contributed by atoms with Crippen molar-refractivity contribution in [2.24, 2.45) is 0 Å². The van der Waals surface area contributed by atoms with Crippen molar-refractivity contribution in [3.05, 3.63) is 65.7 Å². The highest BCUT2D eigenvalue weighted by Crippen LogP contribution is 2.22. The van der Waals surface area contributed by atoms with E-state index in [-0.39, 0.29) is 11.9 Å². The first-order chi connectivity index (χ1) is 13.5. The van der Waals surface area contributed by atoms with Gasteiger partial charge in [-0.2, -0.15) is 0 Å². The Kier molecular flexibility index (Phi) is 9.02. The molecule has 0 bridgehead atoms. The number of aliphatic hydroxyl groups excluding tert-OH is 1. The van der Waals surface area contributed by atoms with Crippen LogP contribution in [0.3, 0.4) is 0 Å². The Morgan fingerprint density at radius 3 is 2.29 bits per heavy atom. The summed E-state index contributed by atoms with van der Waals surface area (Å²) < 4.78 is 5.76. The van der Waals surface area contributed by atoms with Gasteiger partial charge >= 0.3 is 0 Å². The highest BCUT2D eigenvalue weighted by molar-refractivity contribution is 5.94. The zero-order chi connectivity index (χ0) is 20.4. The largest absolute Gasteiger partial charge is 0.494 e. The number of likely N-dealkylation sites (N-methyl/N-ethyl adjacent to an activating group) is 1. The molecule has 2 rings (SSSR count). The molecule has 1 N–H and O–H groups in total. The summed E-state index contributed by atoms with van der Waals surface area (Å²) in [7, 11) is 1.72. The Hall–Kier alpha value is -2.33. The summed E-state index contributed by atoms with van der Waals surface area (Å²) in [6.45, 7) is 4.77. The van der Waals surface area contributed by atoms with E-state index in [2.05, 4.69) is 6.92 Å². The monoisotopic (exact) mass is 383 g/mol. The molecular weight excluding hydrogens is 350 g/mol. The van der Waals surface area contributed by atoms with Crippen molar-refractivity contribution >= 4 is 5.91 Å². The van der Waals surface area contributed by atoms with Crippen LogP contribution in [-0.4, -0.2) is 35.6 Å². The molecule has 2 unspecified atom stereocenters. The van der Waals surface area contributed by atoms with Crippen molar-refractivity contribution in [3.8, 4) is 5.75 Å². The van der Waals surface area contributed by atoms with Crippen LogP contribution in [-0.2, 0) is 0 Å². The molecule has 28 heavy (non-hydrogen) atoms. The van der Waals surface area contributed by atoms with Crippen LogP contribution in [0.5, 0.6) is 5.75 Å². The van der Waals surface area contributed by atoms with E-state index in [1.165, 1.54) is 25.7 Å². The van der Waals surface area contributed by atoms with E-state index < -0.39 is 6.10 Å². The molecule has 0 fully saturated rings. The Morgan fingerprint density at radius 2 is 1.64 bits per heavy atom. The van der Waals surface area contributed by atoms with Gasteiger partial charge in [0.1, 0.15) is 5.75 Å². The number of rotatable bonds is 11. The summed E-state index contributed by atoms with van der Waals surface area (Å²) in [6, 6.07) is 16.3. The normalized spacial score (nSPS) is 13.0. The standard InChI is InChI=1S/C24H33NO3/c1-4-5-6-7-11-18-28-22-16-14-21(15-17-22)24(27)25(3)19(2)23(26)20-12-9-8-10-13-20/h8-10,12-17,19,23,26H,4-7,11,18H2,1-3H3. The molecule has 0 aromatic heterocycles. The summed E-state index contributed by atoms with van der Waals surface area (Å²) in [5, 5.41) is 10.6. The molecular formula is C24H33NO3. The van der Waals surface area contributed by atoms with Gasteiger partial charge < -0.3 is 14.7 Å². The minimum Gasteiger partial charge on any atom is -0.494 e. The Balaban J connectivity index is 1.87. The summed E-state index contributed by atoms with van der Waals surface area (Å²) >= 11 is 0. The zero-order valence-corrected chi connectivity index (χ0v) is 17.3. The van der Waals surface area contributed by atoms with Gasteiger partial charge in [0.15, 0.2) is 0 Å². The summed E-state index contributed by atoms with van der Waals surface area (Å²) in [5.74, 6) is 0.667. The number of carbonyl (C=O) groups is 1. The Labute approximate surface area is 169 Å². The van der Waals surface area contributed by atoms with E-state index in [9.17, 15) is 9.90 Å². The Bertz CT molecular complexity index is 700. The molecule has 0 radical (unpaired) electrons. The highest BCUT2D eigenvalue weighted by atomic mass is 16.5. The second-order valence-electron chi connectivity index (χ2n) is 7.30. The van der Waals surface area contributed by atoms with Crippen molar-refractivity contribution in [1.29, 1.82) is 0 Å². The molecule has 4 nitrogen and oxygen atoms in total. The first-order valence-electron chi connectivity index (χ1n) is 10.3. The molecule has 2 aromatic rings. The number of ether oxygens (including phenoxy) is 1. The van der Waals surface area contributed by atoms with Crippen LogP contribution in [0.2, 0.25) is 0 Å². The molecule has 1 amide bonds. The molecule has 2 atom stereocenters. The number of aliphatic hydroxyl groups is 1. The van der Waals surface area contributed by atoms with Gasteiger partial charge in [0.05, 0.1) is 18.8 Å². The van der Waals surface area contributed by atoms with Gasteiger partial charge in [-0.1, -0.05) is 62.9 Å². The molecule has 4 heteroatoms. The fraction of sp³-hybridized carbons (Fsp3) is 0.458. The molecule has 0 heterocycles. The number of hydrogen-bond donors (Lipinski definition) is 1. The minimum absolute atomic E-state index is 0.117. The van der Waals surface area contributed by atoms with Gasteiger partial charge in [-0.25, -0.2) is 0 Å². The van der Waals surface area contributed by atoms with E-state index >= 15 is 0 Å². The van der Waals surface area contributed by atoms with Crippen LogP contribution < -0.4 is 4.74 Å². The number of benzene rings is 2. The second-order valence-corrected chi connectivity index (χ2v) is 7.30. The number of carbonyl (C=O) groups excluding carboxylic acids is 1. The fourth-order valence-corrected chi connectivity index (χ4v) is 3.12. The molecule has 152 valence electrons. The van der Waals surface area contributed by atoms with Crippen LogP contribution in [0.25, 0.3) is 0 Å². The first-order valence-corrected chi connectivity index (χ1v) is 10.3. The number of nitrogens with zero attached hydrogens (tertiary/aromatic N) is 1. The van der Waals surface area contributed by atoms with Crippen LogP contribution in [0.15, 0.2) is 54.6 Å². The van der Waals surface area contributed by atoms with Crippen LogP contribution in [0.4, 0.5) is 0 Å². The summed E-state index contributed by atoms with van der Waals surface area (Å²) in [4.78, 5) is 14.4. The number of amides is 1. The molecule has 0 aliphatic carbocycles. The highest BCUT2D eigenvalue weighted by Gasteiger charge is 2.24. The van der Waals surface area contributed by atoms with Crippen LogP contribution in [0.1, 0.15) is 68.0 Å². The van der Waals surface area contributed by atoms with Crippen molar-refractivity contribution in [2.45, 2.75) is 58.1 Å². The first kappa shape index (κ1) is 22.0. The third kappa shape index (κ3) is 6.38. The molecule has 0 aliphatic heterocycles. The zero-order valence-electron chi connectivity index (χ0n) is 17.3. The smallest absolute Gasteiger partial charge is 0.253 e. The van der Waals surface area contributed by atoms with Gasteiger partial charge in [-0.05, 0) is 43.2 Å². The van der Waals surface area contributed by atoms with E-state index in [0.29, 0.717) is 12.2 Å². The SMILES string of the molecule is CCCCCCCOc1ccc(C(=O)N(C)C(C)C(O)c2ccccc2)cc1. The lowest BCUT2D eigenvalue weighted by molar-refractivity contribution is 0.0487. The topological polar surface area (TPSA) is 49.8 Å². The molecule has 0 spiro atoms. The number of hydrogen-bond acceptors (Lipinski definition) is 3. The quantitative estimate of drug-likeness (QED) is 0.541. The van der Waals surface area contributed by atoms with Crippen molar-refractivity contribution < 1.29 is 14.6 Å². The maximum atomic E-state index is 12.8. The van der Waals surface area contributed by atoms with Crippen molar-refractivity contribution in [2.75, 3.05) is 13.7 Å².